The van der Waals surface area contributed by atoms with Gasteiger partial charge in [0.25, 0.3) is 0 Å². The Morgan fingerprint density at radius 3 is 2.84 bits per heavy atom. The van der Waals surface area contributed by atoms with E-state index < -0.39 is 17.3 Å². The fraction of sp³-hybridized carbons (Fsp3) is 0.0769. The number of carboxylic acids is 1. The van der Waals surface area contributed by atoms with E-state index in [4.69, 9.17) is 16.7 Å². The molecule has 0 aliphatic heterocycles. The van der Waals surface area contributed by atoms with Gasteiger partial charge in [-0.1, -0.05) is 17.7 Å². The van der Waals surface area contributed by atoms with Gasteiger partial charge in [-0.15, -0.1) is 0 Å². The summed E-state index contributed by atoms with van der Waals surface area (Å²) < 4.78 is 13.9. The number of nitrogens with one attached hydrogen (secondary N) is 1. The number of halogens is 2. The standard InChI is InChI=1S/C13H10ClFN2O2/c1-7-2-3-8(14)6-10(7)17-12-11(15)9(13(18)19)4-5-16-12/h2-6H,1H3,(H,16,17)(H,18,19). The predicted molar refractivity (Wildman–Crippen MR) is 70.6 cm³/mol. The van der Waals surface area contributed by atoms with E-state index in [0.29, 0.717) is 10.7 Å². The van der Waals surface area contributed by atoms with Crippen molar-refractivity contribution in [2.45, 2.75) is 6.92 Å². The molecule has 1 heterocycles. The Labute approximate surface area is 113 Å². The molecule has 0 saturated carbocycles. The van der Waals surface area contributed by atoms with Crippen LogP contribution in [-0.4, -0.2) is 16.1 Å². The quantitative estimate of drug-likeness (QED) is 0.901. The van der Waals surface area contributed by atoms with Crippen LogP contribution in [0.4, 0.5) is 15.9 Å². The van der Waals surface area contributed by atoms with E-state index in [0.717, 1.165) is 11.6 Å². The number of nitrogens with zero attached hydrogens (tertiary/aromatic N) is 1. The number of aromatic carboxylic acids is 1. The molecule has 0 spiro atoms. The Hall–Kier alpha value is -2.14. The maximum Gasteiger partial charge on any atom is 0.338 e. The lowest BCUT2D eigenvalue weighted by Crippen LogP contribution is -2.06. The van der Waals surface area contributed by atoms with Crippen LogP contribution in [0.2, 0.25) is 5.02 Å². The highest BCUT2D eigenvalue weighted by atomic mass is 35.5. The number of rotatable bonds is 3. The number of aryl methyl sites for hydroxylation is 1. The lowest BCUT2D eigenvalue weighted by atomic mass is 10.2. The Balaban J connectivity index is 2.41. The number of anilines is 2. The number of hydrogen-bond donors (Lipinski definition) is 2. The molecule has 0 bridgehead atoms. The van der Waals surface area contributed by atoms with E-state index in [1.54, 1.807) is 18.2 Å². The van der Waals surface area contributed by atoms with Crippen LogP contribution < -0.4 is 5.32 Å². The van der Waals surface area contributed by atoms with E-state index in [2.05, 4.69) is 10.3 Å². The molecule has 0 aliphatic rings. The van der Waals surface area contributed by atoms with Crippen molar-refractivity contribution in [3.8, 4) is 0 Å². The number of hydrogen-bond acceptors (Lipinski definition) is 3. The Morgan fingerprint density at radius 2 is 2.16 bits per heavy atom. The Kier molecular flexibility index (Phi) is 3.66. The molecule has 6 heteroatoms. The van der Waals surface area contributed by atoms with Crippen molar-refractivity contribution in [3.63, 3.8) is 0 Å². The number of carboxylic acid groups (broad SMARTS) is 1. The van der Waals surface area contributed by atoms with Crippen LogP contribution in [0.5, 0.6) is 0 Å². The molecule has 0 fully saturated rings. The lowest BCUT2D eigenvalue weighted by Gasteiger charge is -2.10. The van der Waals surface area contributed by atoms with Gasteiger partial charge in [-0.2, -0.15) is 0 Å². The molecule has 1 aromatic heterocycles. The van der Waals surface area contributed by atoms with Crippen LogP contribution in [-0.2, 0) is 0 Å². The summed E-state index contributed by atoms with van der Waals surface area (Å²) in [6, 6.07) is 6.20. The first-order chi connectivity index (χ1) is 8.99. The van der Waals surface area contributed by atoms with Crippen LogP contribution in [0.1, 0.15) is 15.9 Å². The van der Waals surface area contributed by atoms with Gasteiger partial charge in [0, 0.05) is 16.9 Å². The molecule has 1 aromatic carbocycles. The van der Waals surface area contributed by atoms with Crippen molar-refractivity contribution in [2.75, 3.05) is 5.32 Å². The molecule has 0 atom stereocenters. The first kappa shape index (κ1) is 13.3. The van der Waals surface area contributed by atoms with Gasteiger partial charge in [-0.05, 0) is 30.7 Å². The lowest BCUT2D eigenvalue weighted by molar-refractivity contribution is 0.0692. The Morgan fingerprint density at radius 1 is 1.42 bits per heavy atom. The van der Waals surface area contributed by atoms with Gasteiger partial charge in [0.05, 0.1) is 0 Å². The van der Waals surface area contributed by atoms with E-state index in [9.17, 15) is 9.18 Å². The zero-order valence-electron chi connectivity index (χ0n) is 9.95. The monoisotopic (exact) mass is 280 g/mol. The van der Waals surface area contributed by atoms with Gasteiger partial charge in [-0.3, -0.25) is 0 Å². The minimum Gasteiger partial charge on any atom is -0.478 e. The summed E-state index contributed by atoms with van der Waals surface area (Å²) in [5.74, 6) is -2.40. The van der Waals surface area contributed by atoms with E-state index >= 15 is 0 Å². The fourth-order valence-electron chi connectivity index (χ4n) is 1.55. The molecule has 4 nitrogen and oxygen atoms in total. The molecule has 0 amide bonds. The van der Waals surface area contributed by atoms with E-state index in [-0.39, 0.29) is 5.82 Å². The molecule has 0 aliphatic carbocycles. The molecule has 19 heavy (non-hydrogen) atoms. The van der Waals surface area contributed by atoms with Gasteiger partial charge < -0.3 is 10.4 Å². The molecule has 0 saturated heterocycles. The largest absolute Gasteiger partial charge is 0.478 e. The highest BCUT2D eigenvalue weighted by Crippen LogP contribution is 2.25. The molecule has 2 aromatic rings. The van der Waals surface area contributed by atoms with E-state index in [1.165, 1.54) is 6.20 Å². The highest BCUT2D eigenvalue weighted by molar-refractivity contribution is 6.30. The molecule has 0 radical (unpaired) electrons. The van der Waals surface area contributed by atoms with Crippen molar-refractivity contribution in [3.05, 3.63) is 52.4 Å². The third-order valence-electron chi connectivity index (χ3n) is 2.57. The summed E-state index contributed by atoms with van der Waals surface area (Å²) in [7, 11) is 0. The minimum atomic E-state index is -1.34. The smallest absolute Gasteiger partial charge is 0.338 e. The van der Waals surface area contributed by atoms with Crippen molar-refractivity contribution < 1.29 is 14.3 Å². The van der Waals surface area contributed by atoms with Crippen LogP contribution >= 0.6 is 11.6 Å². The third kappa shape index (κ3) is 2.82. The average Bonchev–Trinajstić information content (AvgIpc) is 2.36. The van der Waals surface area contributed by atoms with Crippen molar-refractivity contribution in [1.29, 1.82) is 0 Å². The number of carbonyl (C=O) groups is 1. The molecule has 0 unspecified atom stereocenters. The second-order valence-electron chi connectivity index (χ2n) is 3.91. The summed E-state index contributed by atoms with van der Waals surface area (Å²) in [6.07, 6.45) is 1.23. The molecular weight excluding hydrogens is 271 g/mol. The van der Waals surface area contributed by atoms with Crippen molar-refractivity contribution in [1.82, 2.24) is 4.98 Å². The van der Waals surface area contributed by atoms with Gasteiger partial charge in [0.2, 0.25) is 0 Å². The van der Waals surface area contributed by atoms with Crippen molar-refractivity contribution in [2.24, 2.45) is 0 Å². The van der Waals surface area contributed by atoms with Crippen LogP contribution in [0.25, 0.3) is 0 Å². The number of pyridine rings is 1. The maximum absolute atomic E-state index is 13.9. The van der Waals surface area contributed by atoms with Gasteiger partial charge in [-0.25, -0.2) is 14.2 Å². The van der Waals surface area contributed by atoms with E-state index in [1.807, 2.05) is 6.92 Å². The zero-order chi connectivity index (χ0) is 14.0. The summed E-state index contributed by atoms with van der Waals surface area (Å²) in [4.78, 5) is 14.6. The number of aromatic nitrogens is 1. The first-order valence-corrected chi connectivity index (χ1v) is 5.78. The molecule has 98 valence electrons. The Bertz CT molecular complexity index is 647. The average molecular weight is 281 g/mol. The second kappa shape index (κ2) is 5.24. The zero-order valence-corrected chi connectivity index (χ0v) is 10.7. The van der Waals surface area contributed by atoms with Crippen LogP contribution in [0, 0.1) is 12.7 Å². The van der Waals surface area contributed by atoms with Gasteiger partial charge in [0.1, 0.15) is 5.56 Å². The third-order valence-corrected chi connectivity index (χ3v) is 2.81. The summed E-state index contributed by atoms with van der Waals surface area (Å²) in [5.41, 5.74) is 0.977. The maximum atomic E-state index is 13.9. The second-order valence-corrected chi connectivity index (χ2v) is 4.35. The topological polar surface area (TPSA) is 62.2 Å². The first-order valence-electron chi connectivity index (χ1n) is 5.40. The minimum absolute atomic E-state index is 0.148. The van der Waals surface area contributed by atoms with Crippen LogP contribution in [0.3, 0.4) is 0 Å². The summed E-state index contributed by atoms with van der Waals surface area (Å²) >= 11 is 5.86. The summed E-state index contributed by atoms with van der Waals surface area (Å²) in [5, 5.41) is 12.1. The number of benzene rings is 1. The fourth-order valence-corrected chi connectivity index (χ4v) is 1.72. The predicted octanol–water partition coefficient (Wildman–Crippen LogP) is 3.62. The van der Waals surface area contributed by atoms with Crippen molar-refractivity contribution >= 4 is 29.1 Å². The summed E-state index contributed by atoms with van der Waals surface area (Å²) in [6.45, 7) is 1.82. The van der Waals surface area contributed by atoms with Crippen LogP contribution in [0.15, 0.2) is 30.5 Å². The molecular formula is C13H10ClFN2O2. The molecule has 2 N–H and O–H groups in total. The molecule has 2 rings (SSSR count). The SMILES string of the molecule is Cc1ccc(Cl)cc1Nc1nccc(C(=O)O)c1F. The highest BCUT2D eigenvalue weighted by Gasteiger charge is 2.15. The normalized spacial score (nSPS) is 10.3. The van der Waals surface area contributed by atoms with Gasteiger partial charge in [0.15, 0.2) is 11.6 Å². The van der Waals surface area contributed by atoms with Gasteiger partial charge >= 0.3 is 5.97 Å².